The van der Waals surface area contributed by atoms with Gasteiger partial charge in [0, 0.05) is 7.11 Å². The lowest BCUT2D eigenvalue weighted by atomic mass is 9.88. The lowest BCUT2D eigenvalue weighted by Crippen LogP contribution is -2.65. The van der Waals surface area contributed by atoms with E-state index in [9.17, 15) is 20.1 Å². The molecule has 0 spiro atoms. The molecule has 8 atom stereocenters. The van der Waals surface area contributed by atoms with Crippen molar-refractivity contribution in [2.24, 2.45) is 5.92 Å². The number of hydrogen-bond donors (Lipinski definition) is 5. The van der Waals surface area contributed by atoms with Crippen molar-refractivity contribution < 1.29 is 34.3 Å². The molecule has 2 aliphatic heterocycles. The summed E-state index contributed by atoms with van der Waals surface area (Å²) in [7, 11) is 1.62. The van der Waals surface area contributed by atoms with E-state index in [0.717, 1.165) is 6.42 Å². The van der Waals surface area contributed by atoms with Crippen LogP contribution in [-0.2, 0) is 19.0 Å². The van der Waals surface area contributed by atoms with E-state index in [1.807, 2.05) is 13.8 Å². The zero-order chi connectivity index (χ0) is 21.6. The summed E-state index contributed by atoms with van der Waals surface area (Å²) in [5.74, 6) is -0.248. The summed E-state index contributed by atoms with van der Waals surface area (Å²) in [4.78, 5) is 12.9. The van der Waals surface area contributed by atoms with Crippen molar-refractivity contribution in [3.63, 3.8) is 0 Å². The van der Waals surface area contributed by atoms with E-state index in [1.54, 1.807) is 13.4 Å². The van der Waals surface area contributed by atoms with Crippen molar-refractivity contribution in [2.75, 3.05) is 33.1 Å². The molecule has 0 radical (unpaired) electrons. The van der Waals surface area contributed by atoms with Gasteiger partial charge in [0.2, 0.25) is 5.91 Å². The van der Waals surface area contributed by atoms with E-state index in [4.69, 9.17) is 14.2 Å². The highest BCUT2D eigenvalue weighted by Gasteiger charge is 2.47. The average molecular weight is 437 g/mol. The highest BCUT2D eigenvalue weighted by molar-refractivity contribution is 7.99. The minimum absolute atomic E-state index is 0.0194. The largest absolute Gasteiger partial charge is 0.388 e. The second kappa shape index (κ2) is 11.8. The summed E-state index contributed by atoms with van der Waals surface area (Å²) in [5.41, 5.74) is -0.678. The molecule has 29 heavy (non-hydrogen) atoms. The van der Waals surface area contributed by atoms with Gasteiger partial charge in [-0.1, -0.05) is 13.8 Å². The van der Waals surface area contributed by atoms with Crippen LogP contribution in [0.3, 0.4) is 0 Å². The van der Waals surface area contributed by atoms with Crippen LogP contribution in [0.5, 0.6) is 0 Å². The lowest BCUT2D eigenvalue weighted by molar-refractivity contribution is -0.208. The topological polar surface area (TPSA) is 130 Å². The summed E-state index contributed by atoms with van der Waals surface area (Å²) in [6.07, 6.45) is -1.55. The number of aliphatic hydroxyl groups excluding tert-OH is 3. The highest BCUT2D eigenvalue weighted by Crippen LogP contribution is 2.30. The van der Waals surface area contributed by atoms with Crippen molar-refractivity contribution in [2.45, 2.75) is 74.7 Å². The van der Waals surface area contributed by atoms with Crippen LogP contribution in [0.15, 0.2) is 0 Å². The van der Waals surface area contributed by atoms with E-state index in [0.29, 0.717) is 26.2 Å². The normalized spacial score (nSPS) is 36.8. The quantitative estimate of drug-likeness (QED) is 0.291. The highest BCUT2D eigenvalue weighted by atomic mass is 32.2. The fourth-order valence-electron chi connectivity index (χ4n) is 3.79. The van der Waals surface area contributed by atoms with Gasteiger partial charge in [-0.05, 0) is 31.6 Å². The number of rotatable bonds is 9. The molecule has 2 saturated heterocycles. The maximum atomic E-state index is 12.9. The summed E-state index contributed by atoms with van der Waals surface area (Å²) < 4.78 is 16.6. The molecular weight excluding hydrogens is 400 g/mol. The third-order valence-corrected chi connectivity index (χ3v) is 6.39. The fraction of sp³-hybridized carbons (Fsp3) is 0.947. The molecule has 2 rings (SSSR count). The Morgan fingerprint density at radius 3 is 2.59 bits per heavy atom. The molecule has 3 unspecified atom stereocenters. The van der Waals surface area contributed by atoms with E-state index >= 15 is 0 Å². The first kappa shape index (κ1) is 24.8. The molecule has 10 heteroatoms. The zero-order valence-electron chi connectivity index (χ0n) is 17.6. The number of carbonyl (C=O) groups is 1. The van der Waals surface area contributed by atoms with Gasteiger partial charge in [0.25, 0.3) is 0 Å². The smallest absolute Gasteiger partial charge is 0.237 e. The maximum absolute atomic E-state index is 12.9. The van der Waals surface area contributed by atoms with E-state index in [-0.39, 0.29) is 17.9 Å². The molecule has 2 aliphatic rings. The van der Waals surface area contributed by atoms with Gasteiger partial charge in [-0.25, -0.2) is 0 Å². The van der Waals surface area contributed by atoms with Crippen LogP contribution >= 0.6 is 11.8 Å². The minimum atomic E-state index is -1.34. The fourth-order valence-corrected chi connectivity index (χ4v) is 4.47. The Balaban J connectivity index is 2.01. The van der Waals surface area contributed by atoms with Crippen molar-refractivity contribution in [1.29, 1.82) is 0 Å². The molecule has 0 bridgehead atoms. The van der Waals surface area contributed by atoms with Gasteiger partial charge in [0.15, 0.2) is 0 Å². The molecule has 1 amide bonds. The first-order chi connectivity index (χ1) is 13.8. The van der Waals surface area contributed by atoms with E-state index in [1.165, 1.54) is 11.8 Å². The molecular formula is C19H36N2O7S. The SMILES string of the molecule is COCCOC1CCNC(C(=O)NC(C(C)C)[C@@H]2O[C@@H](SC)[C@@H](O)[C@H](O)[C@@H]2O)C1. The number of piperidine rings is 1. The Kier molecular flexibility index (Phi) is 10.1. The number of nitrogens with one attached hydrogen (secondary N) is 2. The van der Waals surface area contributed by atoms with Gasteiger partial charge in [0.05, 0.1) is 31.4 Å². The number of aliphatic hydroxyl groups is 3. The van der Waals surface area contributed by atoms with Crippen LogP contribution in [0.25, 0.3) is 0 Å². The Labute approximate surface area is 176 Å². The summed E-state index contributed by atoms with van der Waals surface area (Å²) in [6.45, 7) is 5.50. The first-order valence-corrected chi connectivity index (χ1v) is 11.5. The number of methoxy groups -OCH3 is 1. The predicted molar refractivity (Wildman–Crippen MR) is 110 cm³/mol. The summed E-state index contributed by atoms with van der Waals surface area (Å²) in [6, 6.07) is -0.934. The average Bonchev–Trinajstić information content (AvgIpc) is 2.71. The summed E-state index contributed by atoms with van der Waals surface area (Å²) >= 11 is 1.25. The van der Waals surface area contributed by atoms with Crippen LogP contribution in [0.1, 0.15) is 26.7 Å². The predicted octanol–water partition coefficient (Wildman–Crippen LogP) is -0.919. The molecule has 0 aromatic carbocycles. The molecule has 0 aliphatic carbocycles. The van der Waals surface area contributed by atoms with Gasteiger partial charge in [-0.2, -0.15) is 0 Å². The Morgan fingerprint density at radius 1 is 1.24 bits per heavy atom. The van der Waals surface area contributed by atoms with Crippen molar-refractivity contribution in [1.82, 2.24) is 10.6 Å². The van der Waals surface area contributed by atoms with Crippen LogP contribution in [-0.4, -0.2) is 102 Å². The molecule has 2 fully saturated rings. The van der Waals surface area contributed by atoms with Crippen LogP contribution in [0.4, 0.5) is 0 Å². The Morgan fingerprint density at radius 2 is 1.97 bits per heavy atom. The molecule has 9 nitrogen and oxygen atoms in total. The number of carbonyl (C=O) groups excluding carboxylic acids is 1. The maximum Gasteiger partial charge on any atom is 0.237 e. The van der Waals surface area contributed by atoms with Crippen molar-refractivity contribution in [3.8, 4) is 0 Å². The van der Waals surface area contributed by atoms with Gasteiger partial charge in [-0.3, -0.25) is 4.79 Å². The van der Waals surface area contributed by atoms with Gasteiger partial charge in [-0.15, -0.1) is 11.8 Å². The third kappa shape index (κ3) is 6.51. The number of thioether (sulfide) groups is 1. The second-order valence-electron chi connectivity index (χ2n) is 7.97. The number of ether oxygens (including phenoxy) is 3. The van der Waals surface area contributed by atoms with Gasteiger partial charge < -0.3 is 40.2 Å². The van der Waals surface area contributed by atoms with E-state index < -0.39 is 41.9 Å². The number of hydrogen-bond acceptors (Lipinski definition) is 9. The number of amides is 1. The monoisotopic (exact) mass is 436 g/mol. The van der Waals surface area contributed by atoms with Crippen molar-refractivity contribution in [3.05, 3.63) is 0 Å². The minimum Gasteiger partial charge on any atom is -0.388 e. The molecule has 0 aromatic heterocycles. The molecule has 2 heterocycles. The summed E-state index contributed by atoms with van der Waals surface area (Å²) in [5, 5.41) is 37.0. The standard InChI is InChI=1S/C19H36N2O7S/c1-10(2)13(17-15(23)14(22)16(24)19(28-17)29-4)21-18(25)12-9-11(5-6-20-12)27-8-7-26-3/h10-17,19-20,22-24H,5-9H2,1-4H3,(H,21,25)/t11?,12?,13?,14-,15+,16+,17+,19+/m1/s1. The lowest BCUT2D eigenvalue weighted by Gasteiger charge is -2.44. The molecule has 0 aromatic rings. The third-order valence-electron chi connectivity index (χ3n) is 5.53. The Bertz CT molecular complexity index is 511. The second-order valence-corrected chi connectivity index (χ2v) is 8.91. The molecule has 5 N–H and O–H groups in total. The van der Waals surface area contributed by atoms with Gasteiger partial charge >= 0.3 is 0 Å². The van der Waals surface area contributed by atoms with Crippen LogP contribution in [0, 0.1) is 5.92 Å². The van der Waals surface area contributed by atoms with Crippen LogP contribution in [0.2, 0.25) is 0 Å². The van der Waals surface area contributed by atoms with Crippen LogP contribution < -0.4 is 10.6 Å². The van der Waals surface area contributed by atoms with Gasteiger partial charge in [0.1, 0.15) is 29.9 Å². The first-order valence-electron chi connectivity index (χ1n) is 10.2. The molecule has 0 saturated carbocycles. The molecule has 170 valence electrons. The van der Waals surface area contributed by atoms with E-state index in [2.05, 4.69) is 10.6 Å². The van der Waals surface area contributed by atoms with Crippen molar-refractivity contribution >= 4 is 17.7 Å². The zero-order valence-corrected chi connectivity index (χ0v) is 18.4. The Hall–Kier alpha value is -0.460.